The van der Waals surface area contributed by atoms with E-state index in [1.54, 1.807) is 0 Å². The van der Waals surface area contributed by atoms with Crippen molar-refractivity contribution in [2.24, 2.45) is 0 Å². The summed E-state index contributed by atoms with van der Waals surface area (Å²) >= 11 is 7.33. The maximum absolute atomic E-state index is 6.07. The quantitative estimate of drug-likeness (QED) is 0.846. The van der Waals surface area contributed by atoms with Gasteiger partial charge in [-0.2, -0.15) is 0 Å². The van der Waals surface area contributed by atoms with Crippen molar-refractivity contribution >= 4 is 23.1 Å². The van der Waals surface area contributed by atoms with E-state index in [0.717, 1.165) is 31.7 Å². The second kappa shape index (κ2) is 5.34. The summed E-state index contributed by atoms with van der Waals surface area (Å²) in [4.78, 5) is 2.40. The molecule has 0 radical (unpaired) electrons. The number of hydrogen-bond donors (Lipinski definition) is 0. The summed E-state index contributed by atoms with van der Waals surface area (Å²) in [5.41, 5.74) is 3.80. The van der Waals surface area contributed by atoms with Gasteiger partial charge in [0.2, 0.25) is 0 Å². The minimum atomic E-state index is 0.715. The second-order valence-corrected chi connectivity index (χ2v) is 5.93. The molecular weight excluding hydrogens is 266 g/mol. The Morgan fingerprint density at radius 2 is 2.11 bits per heavy atom. The molecule has 3 nitrogen and oxygen atoms in total. The third kappa shape index (κ3) is 2.55. The third-order valence-corrected chi connectivity index (χ3v) is 4.30. The Labute approximate surface area is 116 Å². The first-order valence-corrected chi connectivity index (χ1v) is 7.24. The van der Waals surface area contributed by atoms with Crippen LogP contribution in [0.25, 0.3) is 0 Å². The third-order valence-electron chi connectivity index (χ3n) is 3.32. The molecule has 1 aliphatic heterocycles. The molecule has 5 heteroatoms. The van der Waals surface area contributed by atoms with Crippen molar-refractivity contribution < 1.29 is 0 Å². The van der Waals surface area contributed by atoms with Crippen LogP contribution in [0.4, 0.5) is 0 Å². The van der Waals surface area contributed by atoms with Crippen LogP contribution in [0.2, 0.25) is 4.34 Å². The zero-order valence-electron chi connectivity index (χ0n) is 9.97. The van der Waals surface area contributed by atoms with Crippen molar-refractivity contribution in [3.8, 4) is 0 Å². The van der Waals surface area contributed by atoms with Gasteiger partial charge in [-0.05, 0) is 30.5 Å². The fourth-order valence-corrected chi connectivity index (χ4v) is 3.02. The number of aromatic nitrogens is 2. The van der Waals surface area contributed by atoms with E-state index in [1.165, 1.54) is 29.1 Å². The molecule has 0 amide bonds. The molecule has 2 aromatic rings. The topological polar surface area (TPSA) is 29.0 Å². The van der Waals surface area contributed by atoms with Crippen LogP contribution in [0.1, 0.15) is 23.2 Å². The zero-order chi connectivity index (χ0) is 12.4. The van der Waals surface area contributed by atoms with Crippen LogP contribution in [0.3, 0.4) is 0 Å². The van der Waals surface area contributed by atoms with Gasteiger partial charge >= 0.3 is 0 Å². The summed E-state index contributed by atoms with van der Waals surface area (Å²) in [6.07, 6.45) is 2.35. The molecule has 3 rings (SSSR count). The molecule has 0 unspecified atom stereocenters. The first-order valence-electron chi connectivity index (χ1n) is 6.09. The Morgan fingerprint density at radius 3 is 2.89 bits per heavy atom. The van der Waals surface area contributed by atoms with Crippen molar-refractivity contribution in [2.45, 2.75) is 25.9 Å². The molecule has 0 fully saturated rings. The summed E-state index contributed by atoms with van der Waals surface area (Å²) in [7, 11) is 0. The van der Waals surface area contributed by atoms with E-state index in [2.05, 4.69) is 38.8 Å². The van der Waals surface area contributed by atoms with Crippen LogP contribution in [0, 0.1) is 0 Å². The summed E-state index contributed by atoms with van der Waals surface area (Å²) in [5.74, 6) is 0. The van der Waals surface area contributed by atoms with Crippen LogP contribution in [0.15, 0.2) is 24.3 Å². The molecule has 0 atom stereocenters. The van der Waals surface area contributed by atoms with E-state index < -0.39 is 0 Å². The van der Waals surface area contributed by atoms with Crippen molar-refractivity contribution in [2.75, 3.05) is 6.54 Å². The van der Waals surface area contributed by atoms with Crippen molar-refractivity contribution in [3.05, 3.63) is 45.4 Å². The molecule has 1 aromatic heterocycles. The van der Waals surface area contributed by atoms with Crippen molar-refractivity contribution in [3.63, 3.8) is 0 Å². The zero-order valence-corrected chi connectivity index (χ0v) is 11.5. The normalized spacial score (nSPS) is 16.3. The molecule has 0 aliphatic carbocycles. The van der Waals surface area contributed by atoms with E-state index in [9.17, 15) is 0 Å². The first kappa shape index (κ1) is 12.1. The molecule has 94 valence electrons. The number of hydrogen-bond acceptors (Lipinski definition) is 4. The highest BCUT2D eigenvalue weighted by Gasteiger charge is 2.16. The van der Waals surface area contributed by atoms with Gasteiger partial charge < -0.3 is 0 Å². The number of nitrogens with zero attached hydrogens (tertiary/aromatic N) is 3. The number of halogens is 1. The van der Waals surface area contributed by atoms with Gasteiger partial charge in [-0.3, -0.25) is 4.90 Å². The smallest absolute Gasteiger partial charge is 0.138 e. The lowest BCUT2D eigenvalue weighted by atomic mass is 10.0. The molecule has 0 spiro atoms. The van der Waals surface area contributed by atoms with E-state index >= 15 is 0 Å². The van der Waals surface area contributed by atoms with E-state index in [0.29, 0.717) is 4.34 Å². The minimum Gasteiger partial charge on any atom is -0.293 e. The van der Waals surface area contributed by atoms with Crippen molar-refractivity contribution in [1.29, 1.82) is 0 Å². The highest BCUT2D eigenvalue weighted by Crippen LogP contribution is 2.23. The number of aryl methyl sites for hydroxylation is 1. The Bertz CT molecular complexity index is 541. The molecule has 0 bridgehead atoms. The Hall–Kier alpha value is -0.970. The number of fused-ring (bicyclic) bond motifs is 1. The van der Waals surface area contributed by atoms with Gasteiger partial charge in [0.25, 0.3) is 0 Å². The van der Waals surface area contributed by atoms with E-state index in [4.69, 9.17) is 11.6 Å². The molecule has 18 heavy (non-hydrogen) atoms. The standard InChI is InChI=1S/C13H14ClN3S/c14-13-12(15-16-18-13)9-17-7-3-6-10-4-1-2-5-11(10)8-17/h1-2,4-5H,3,6-9H2. The lowest BCUT2D eigenvalue weighted by molar-refractivity contribution is 0.258. The Kier molecular flexibility index (Phi) is 3.59. The van der Waals surface area contributed by atoms with Gasteiger partial charge in [0.1, 0.15) is 10.0 Å². The lowest BCUT2D eigenvalue weighted by Crippen LogP contribution is -2.23. The fraction of sp³-hybridized carbons (Fsp3) is 0.385. The van der Waals surface area contributed by atoms with Crippen LogP contribution in [-0.2, 0) is 19.5 Å². The molecule has 0 saturated heterocycles. The molecular formula is C13H14ClN3S. The molecule has 2 heterocycles. The van der Waals surface area contributed by atoms with Gasteiger partial charge in [0.15, 0.2) is 0 Å². The molecule has 1 aliphatic rings. The molecule has 0 N–H and O–H groups in total. The predicted molar refractivity (Wildman–Crippen MR) is 73.8 cm³/mol. The van der Waals surface area contributed by atoms with E-state index in [-0.39, 0.29) is 0 Å². The maximum Gasteiger partial charge on any atom is 0.138 e. The first-order chi connectivity index (χ1) is 8.83. The van der Waals surface area contributed by atoms with E-state index in [1.807, 2.05) is 0 Å². The van der Waals surface area contributed by atoms with Gasteiger partial charge in [0.05, 0.1) is 0 Å². The number of rotatable bonds is 2. The summed E-state index contributed by atoms with van der Waals surface area (Å²) in [5, 5.41) is 4.09. The Morgan fingerprint density at radius 1 is 1.28 bits per heavy atom. The highest BCUT2D eigenvalue weighted by molar-refractivity contribution is 7.10. The van der Waals surface area contributed by atoms with Crippen LogP contribution < -0.4 is 0 Å². The van der Waals surface area contributed by atoms with Gasteiger partial charge in [-0.25, -0.2) is 0 Å². The average molecular weight is 280 g/mol. The number of benzene rings is 1. The highest BCUT2D eigenvalue weighted by atomic mass is 35.5. The summed E-state index contributed by atoms with van der Waals surface area (Å²) in [6, 6.07) is 8.68. The monoisotopic (exact) mass is 279 g/mol. The Balaban J connectivity index is 1.77. The van der Waals surface area contributed by atoms with Gasteiger partial charge in [-0.15, -0.1) is 5.10 Å². The largest absolute Gasteiger partial charge is 0.293 e. The summed E-state index contributed by atoms with van der Waals surface area (Å²) < 4.78 is 4.60. The van der Waals surface area contributed by atoms with Gasteiger partial charge in [-0.1, -0.05) is 40.4 Å². The molecule has 1 aromatic carbocycles. The van der Waals surface area contributed by atoms with Crippen molar-refractivity contribution in [1.82, 2.24) is 14.5 Å². The second-order valence-electron chi connectivity index (χ2n) is 4.58. The van der Waals surface area contributed by atoms with Gasteiger partial charge in [0, 0.05) is 24.6 Å². The van der Waals surface area contributed by atoms with Crippen LogP contribution in [-0.4, -0.2) is 21.0 Å². The van der Waals surface area contributed by atoms with Crippen LogP contribution >= 0.6 is 23.1 Å². The SMILES string of the molecule is Clc1snnc1CN1CCCc2ccccc2C1. The minimum absolute atomic E-state index is 0.715. The lowest BCUT2D eigenvalue weighted by Gasteiger charge is -2.19. The maximum atomic E-state index is 6.07. The predicted octanol–water partition coefficient (Wildman–Crippen LogP) is 3.14. The summed E-state index contributed by atoms with van der Waals surface area (Å²) in [6.45, 7) is 2.86. The fourth-order valence-electron chi connectivity index (χ4n) is 2.41. The average Bonchev–Trinajstić information content (AvgIpc) is 2.66. The molecule has 0 saturated carbocycles. The van der Waals surface area contributed by atoms with Crippen LogP contribution in [0.5, 0.6) is 0 Å².